The predicted octanol–water partition coefficient (Wildman–Crippen LogP) is 2.50. The third-order valence-electron chi connectivity index (χ3n) is 2.18. The Morgan fingerprint density at radius 2 is 1.94 bits per heavy atom. The van der Waals surface area contributed by atoms with Gasteiger partial charge in [0.15, 0.2) is 0 Å². The van der Waals surface area contributed by atoms with Gasteiger partial charge in [0.2, 0.25) is 0 Å². The van der Waals surface area contributed by atoms with Gasteiger partial charge in [0, 0.05) is 4.75 Å². The molecule has 0 aliphatic heterocycles. The molecule has 2 N–H and O–H groups in total. The summed E-state index contributed by atoms with van der Waals surface area (Å²) in [7, 11) is 0. The van der Waals surface area contributed by atoms with Gasteiger partial charge in [-0.15, -0.1) is 0 Å². The monoisotopic (exact) mass is 277 g/mol. The average Bonchev–Trinajstić information content (AvgIpc) is 2.20. The number of alkyl carbamates (subject to hydrolysis) is 1. The molecule has 1 amide bonds. The molecule has 0 fully saturated rings. The molecule has 5 nitrogen and oxygen atoms in total. The van der Waals surface area contributed by atoms with Gasteiger partial charge in [-0.3, -0.25) is 0 Å². The van der Waals surface area contributed by atoms with Gasteiger partial charge >= 0.3 is 12.1 Å². The number of aliphatic carboxylic acids is 1. The number of hydrogen-bond acceptors (Lipinski definition) is 4. The van der Waals surface area contributed by atoms with Gasteiger partial charge in [0.1, 0.15) is 6.04 Å². The van der Waals surface area contributed by atoms with Crippen molar-refractivity contribution in [3.8, 4) is 0 Å². The molecule has 0 saturated heterocycles. The molecular formula is C12H23NO4S. The molecule has 18 heavy (non-hydrogen) atoms. The number of thioether (sulfide) groups is 1. The zero-order chi connectivity index (χ0) is 14.3. The summed E-state index contributed by atoms with van der Waals surface area (Å²) in [4.78, 5) is 22.7. The first kappa shape index (κ1) is 17.1. The molecule has 106 valence electrons. The zero-order valence-electron chi connectivity index (χ0n) is 11.6. The van der Waals surface area contributed by atoms with Crippen LogP contribution in [0.15, 0.2) is 0 Å². The summed E-state index contributed by atoms with van der Waals surface area (Å²) in [5.41, 5.74) is 0. The van der Waals surface area contributed by atoms with Crippen LogP contribution in [0.2, 0.25) is 0 Å². The molecule has 0 aromatic heterocycles. The molecule has 0 saturated carbocycles. The third-order valence-corrected chi connectivity index (χ3v) is 3.50. The predicted molar refractivity (Wildman–Crippen MR) is 73.0 cm³/mol. The summed E-state index contributed by atoms with van der Waals surface area (Å²) in [6.07, 6.45) is 0.0247. The van der Waals surface area contributed by atoms with Crippen LogP contribution in [0.25, 0.3) is 0 Å². The minimum absolute atomic E-state index is 0.273. The fraction of sp³-hybridized carbons (Fsp3) is 0.833. The number of ether oxygens (including phenoxy) is 1. The summed E-state index contributed by atoms with van der Waals surface area (Å²) in [5, 5.41) is 11.9. The van der Waals surface area contributed by atoms with Gasteiger partial charge in [-0.25, -0.2) is 9.59 Å². The highest BCUT2D eigenvalue weighted by molar-refractivity contribution is 8.01. The highest BCUT2D eigenvalue weighted by Crippen LogP contribution is 2.32. The number of carboxylic acid groups (broad SMARTS) is 1. The first-order valence-corrected chi connectivity index (χ1v) is 6.92. The minimum Gasteiger partial charge on any atom is -0.480 e. The SMILES string of the molecule is CCCOC(=O)NC(C(=O)O)C(C)(C)SC(C)C. The Balaban J connectivity index is 4.65. The van der Waals surface area contributed by atoms with Crippen LogP contribution in [0.5, 0.6) is 0 Å². The van der Waals surface area contributed by atoms with Crippen LogP contribution in [-0.4, -0.2) is 39.8 Å². The van der Waals surface area contributed by atoms with Crippen LogP contribution in [0.4, 0.5) is 4.79 Å². The highest BCUT2D eigenvalue weighted by Gasteiger charge is 2.38. The molecule has 0 aromatic rings. The Labute approximate surface area is 113 Å². The van der Waals surface area contributed by atoms with Crippen molar-refractivity contribution in [3.05, 3.63) is 0 Å². The molecular weight excluding hydrogens is 254 g/mol. The van der Waals surface area contributed by atoms with E-state index in [9.17, 15) is 14.7 Å². The van der Waals surface area contributed by atoms with Gasteiger partial charge in [0.25, 0.3) is 0 Å². The first-order chi connectivity index (χ1) is 8.20. The second-order valence-corrected chi connectivity index (χ2v) is 7.05. The number of carbonyl (C=O) groups is 2. The fourth-order valence-corrected chi connectivity index (χ4v) is 3.07. The number of nitrogens with one attached hydrogen (secondary N) is 1. The molecule has 0 bridgehead atoms. The van der Waals surface area contributed by atoms with Gasteiger partial charge in [-0.1, -0.05) is 20.8 Å². The Morgan fingerprint density at radius 3 is 2.33 bits per heavy atom. The van der Waals surface area contributed by atoms with E-state index in [1.165, 1.54) is 11.8 Å². The maximum Gasteiger partial charge on any atom is 0.407 e. The lowest BCUT2D eigenvalue weighted by atomic mass is 10.0. The molecule has 6 heteroatoms. The van der Waals surface area contributed by atoms with Crippen LogP contribution in [0, 0.1) is 0 Å². The van der Waals surface area contributed by atoms with Crippen LogP contribution in [0.1, 0.15) is 41.0 Å². The molecule has 0 rings (SSSR count). The first-order valence-electron chi connectivity index (χ1n) is 6.04. The molecule has 0 aliphatic carbocycles. The molecule has 0 spiro atoms. The van der Waals surface area contributed by atoms with E-state index in [4.69, 9.17) is 4.74 Å². The van der Waals surface area contributed by atoms with Crippen molar-refractivity contribution in [3.63, 3.8) is 0 Å². The number of amides is 1. The third kappa shape index (κ3) is 6.14. The molecule has 0 aromatic carbocycles. The summed E-state index contributed by atoms with van der Waals surface area (Å²) < 4.78 is 4.24. The lowest BCUT2D eigenvalue weighted by Gasteiger charge is -2.32. The van der Waals surface area contributed by atoms with Crippen molar-refractivity contribution in [2.24, 2.45) is 0 Å². The maximum absolute atomic E-state index is 11.4. The van der Waals surface area contributed by atoms with E-state index in [-0.39, 0.29) is 11.9 Å². The molecule has 1 unspecified atom stereocenters. The lowest BCUT2D eigenvalue weighted by Crippen LogP contribution is -2.53. The summed E-state index contributed by atoms with van der Waals surface area (Å²) in [5.74, 6) is -1.05. The lowest BCUT2D eigenvalue weighted by molar-refractivity contribution is -0.140. The largest absolute Gasteiger partial charge is 0.480 e. The van der Waals surface area contributed by atoms with Crippen molar-refractivity contribution < 1.29 is 19.4 Å². The van der Waals surface area contributed by atoms with Crippen LogP contribution >= 0.6 is 11.8 Å². The Kier molecular flexibility index (Phi) is 7.13. The van der Waals surface area contributed by atoms with E-state index in [0.29, 0.717) is 6.42 Å². The summed E-state index contributed by atoms with van der Waals surface area (Å²) in [6, 6.07) is -0.978. The van der Waals surface area contributed by atoms with Gasteiger partial charge in [-0.05, 0) is 25.5 Å². The number of hydrogen-bond donors (Lipinski definition) is 2. The van der Waals surface area contributed by atoms with E-state index in [2.05, 4.69) is 5.32 Å². The topological polar surface area (TPSA) is 75.6 Å². The van der Waals surface area contributed by atoms with E-state index in [1.807, 2.05) is 20.8 Å². The van der Waals surface area contributed by atoms with Crippen LogP contribution in [-0.2, 0) is 9.53 Å². The summed E-state index contributed by atoms with van der Waals surface area (Å²) in [6.45, 7) is 9.74. The quantitative estimate of drug-likeness (QED) is 0.747. The number of rotatable bonds is 7. The molecule has 1 atom stereocenters. The molecule has 0 heterocycles. The standard InChI is InChI=1S/C12H23NO4S/c1-6-7-17-11(16)13-9(10(14)15)12(4,5)18-8(2)3/h8-9H,6-7H2,1-5H3,(H,13,16)(H,14,15). The Morgan fingerprint density at radius 1 is 1.39 bits per heavy atom. The normalized spacial score (nSPS) is 13.2. The number of carbonyl (C=O) groups excluding carboxylic acids is 1. The fourth-order valence-electron chi connectivity index (χ4n) is 1.56. The molecule has 0 aliphatic rings. The minimum atomic E-state index is -1.05. The smallest absolute Gasteiger partial charge is 0.407 e. The van der Waals surface area contributed by atoms with Crippen molar-refractivity contribution in [2.75, 3.05) is 6.61 Å². The highest BCUT2D eigenvalue weighted by atomic mass is 32.2. The van der Waals surface area contributed by atoms with E-state index < -0.39 is 22.9 Å². The Bertz CT molecular complexity index is 292. The van der Waals surface area contributed by atoms with Gasteiger partial charge in [0.05, 0.1) is 6.61 Å². The maximum atomic E-state index is 11.4. The van der Waals surface area contributed by atoms with Gasteiger partial charge < -0.3 is 15.2 Å². The summed E-state index contributed by atoms with van der Waals surface area (Å²) >= 11 is 1.51. The van der Waals surface area contributed by atoms with E-state index in [0.717, 1.165) is 0 Å². The second kappa shape index (κ2) is 7.51. The Hall–Kier alpha value is -0.910. The van der Waals surface area contributed by atoms with Crippen molar-refractivity contribution >= 4 is 23.8 Å². The average molecular weight is 277 g/mol. The van der Waals surface area contributed by atoms with Crippen LogP contribution in [0.3, 0.4) is 0 Å². The van der Waals surface area contributed by atoms with E-state index in [1.54, 1.807) is 13.8 Å². The van der Waals surface area contributed by atoms with Crippen molar-refractivity contribution in [1.29, 1.82) is 0 Å². The van der Waals surface area contributed by atoms with Crippen molar-refractivity contribution in [2.45, 2.75) is 57.1 Å². The number of carboxylic acids is 1. The van der Waals surface area contributed by atoms with Gasteiger partial charge in [-0.2, -0.15) is 11.8 Å². The zero-order valence-corrected chi connectivity index (χ0v) is 12.5. The van der Waals surface area contributed by atoms with Crippen molar-refractivity contribution in [1.82, 2.24) is 5.32 Å². The second-order valence-electron chi connectivity index (χ2n) is 4.82. The van der Waals surface area contributed by atoms with Crippen LogP contribution < -0.4 is 5.32 Å². The van der Waals surface area contributed by atoms with E-state index >= 15 is 0 Å². The molecule has 0 radical (unpaired) electrons.